The van der Waals surface area contributed by atoms with Crippen LogP contribution in [0.5, 0.6) is 23.0 Å². The summed E-state index contributed by atoms with van der Waals surface area (Å²) in [5.41, 5.74) is 2.35. The summed E-state index contributed by atoms with van der Waals surface area (Å²) in [5.74, 6) is 2.69. The maximum Gasteiger partial charge on any atom is 0.337 e. The zero-order valence-electron chi connectivity index (χ0n) is 21.9. The molecule has 5 rings (SSSR count). The maximum absolute atomic E-state index is 11.9. The fraction of sp³-hybridized carbons (Fsp3) is 0.281. The third kappa shape index (κ3) is 5.92. The minimum Gasteiger partial charge on any atom is -0.497 e. The molecule has 1 heterocycles. The molecule has 0 N–H and O–H groups in total. The van der Waals surface area contributed by atoms with E-state index < -0.39 is 0 Å². The fourth-order valence-electron chi connectivity index (χ4n) is 4.84. The predicted octanol–water partition coefficient (Wildman–Crippen LogP) is 6.96. The van der Waals surface area contributed by atoms with Crippen LogP contribution >= 0.6 is 0 Å². The largest absolute Gasteiger partial charge is 0.497 e. The first-order valence-electron chi connectivity index (χ1n) is 13.1. The molecule has 0 unspecified atom stereocenters. The average molecular weight is 512 g/mol. The van der Waals surface area contributed by atoms with Crippen molar-refractivity contribution < 1.29 is 23.7 Å². The monoisotopic (exact) mass is 511 g/mol. The van der Waals surface area contributed by atoms with Crippen LogP contribution in [0.4, 0.5) is 0 Å². The zero-order valence-corrected chi connectivity index (χ0v) is 21.9. The number of methoxy groups -OCH3 is 2. The third-order valence-electron chi connectivity index (χ3n) is 6.96. The molecular weight excluding hydrogens is 478 g/mol. The van der Waals surface area contributed by atoms with Crippen molar-refractivity contribution in [3.05, 3.63) is 84.4 Å². The van der Waals surface area contributed by atoms with Crippen molar-refractivity contribution in [3.63, 3.8) is 0 Å². The van der Waals surface area contributed by atoms with Crippen molar-refractivity contribution in [1.82, 2.24) is 4.90 Å². The van der Waals surface area contributed by atoms with E-state index in [-0.39, 0.29) is 5.97 Å². The minimum atomic E-state index is -0.364. The summed E-state index contributed by atoms with van der Waals surface area (Å²) < 4.78 is 22.8. The molecule has 4 aromatic carbocycles. The highest BCUT2D eigenvalue weighted by atomic mass is 16.5. The molecule has 0 radical (unpaired) electrons. The molecule has 1 aliphatic heterocycles. The van der Waals surface area contributed by atoms with Gasteiger partial charge in [-0.1, -0.05) is 24.6 Å². The van der Waals surface area contributed by atoms with Gasteiger partial charge in [-0.15, -0.1) is 0 Å². The Bertz CT molecular complexity index is 1380. The summed E-state index contributed by atoms with van der Waals surface area (Å²) in [4.78, 5) is 14.4. The highest BCUT2D eigenvalue weighted by molar-refractivity contribution is 5.97. The molecule has 4 aromatic rings. The Labute approximate surface area is 223 Å². The second-order valence-corrected chi connectivity index (χ2v) is 9.42. The second kappa shape index (κ2) is 12.0. The SMILES string of the molecule is COC(=O)c1ccc(-c2ccc3cc(OC)ccc3c2Oc2ccc(OCCN3CCCCC3)cc2)cc1. The Kier molecular flexibility index (Phi) is 8.09. The predicted molar refractivity (Wildman–Crippen MR) is 150 cm³/mol. The van der Waals surface area contributed by atoms with Gasteiger partial charge >= 0.3 is 5.97 Å². The summed E-state index contributed by atoms with van der Waals surface area (Å²) in [6.45, 7) is 3.97. The fourth-order valence-corrected chi connectivity index (χ4v) is 4.84. The number of nitrogens with zero attached hydrogens (tertiary/aromatic N) is 1. The van der Waals surface area contributed by atoms with E-state index in [9.17, 15) is 4.79 Å². The van der Waals surface area contributed by atoms with Gasteiger partial charge < -0.3 is 18.9 Å². The average Bonchev–Trinajstić information content (AvgIpc) is 2.98. The van der Waals surface area contributed by atoms with Crippen LogP contribution in [0, 0.1) is 0 Å². The molecule has 0 bridgehead atoms. The molecule has 38 heavy (non-hydrogen) atoms. The van der Waals surface area contributed by atoms with Gasteiger partial charge in [-0.05, 0) is 97.5 Å². The molecule has 0 atom stereocenters. The number of hydrogen-bond donors (Lipinski definition) is 0. The molecule has 6 nitrogen and oxygen atoms in total. The van der Waals surface area contributed by atoms with E-state index in [0.717, 1.165) is 45.7 Å². The lowest BCUT2D eigenvalue weighted by Crippen LogP contribution is -2.33. The molecule has 6 heteroatoms. The lowest BCUT2D eigenvalue weighted by molar-refractivity contribution is 0.0600. The molecule has 0 spiro atoms. The highest BCUT2D eigenvalue weighted by Gasteiger charge is 2.15. The van der Waals surface area contributed by atoms with Crippen LogP contribution in [0.3, 0.4) is 0 Å². The summed E-state index contributed by atoms with van der Waals surface area (Å²) in [6, 6.07) is 25.1. The van der Waals surface area contributed by atoms with Crippen LogP contribution in [0.2, 0.25) is 0 Å². The number of esters is 1. The van der Waals surface area contributed by atoms with Gasteiger partial charge in [-0.25, -0.2) is 4.79 Å². The normalized spacial score (nSPS) is 13.7. The van der Waals surface area contributed by atoms with Crippen molar-refractivity contribution in [3.8, 4) is 34.1 Å². The van der Waals surface area contributed by atoms with Crippen molar-refractivity contribution >= 4 is 16.7 Å². The smallest absolute Gasteiger partial charge is 0.337 e. The Morgan fingerprint density at radius 2 is 1.50 bits per heavy atom. The third-order valence-corrected chi connectivity index (χ3v) is 6.96. The van der Waals surface area contributed by atoms with Crippen LogP contribution in [-0.2, 0) is 4.74 Å². The van der Waals surface area contributed by atoms with Crippen LogP contribution in [0.25, 0.3) is 21.9 Å². The van der Waals surface area contributed by atoms with E-state index in [1.54, 1.807) is 19.2 Å². The first-order chi connectivity index (χ1) is 18.6. The van der Waals surface area contributed by atoms with E-state index in [1.165, 1.54) is 39.5 Å². The number of carbonyl (C=O) groups is 1. The van der Waals surface area contributed by atoms with Gasteiger partial charge in [0.05, 0.1) is 19.8 Å². The molecule has 0 saturated carbocycles. The van der Waals surface area contributed by atoms with Gasteiger partial charge in [0, 0.05) is 17.5 Å². The van der Waals surface area contributed by atoms with Crippen LogP contribution in [0.15, 0.2) is 78.9 Å². The van der Waals surface area contributed by atoms with E-state index in [0.29, 0.717) is 17.9 Å². The van der Waals surface area contributed by atoms with Gasteiger partial charge in [0.2, 0.25) is 0 Å². The van der Waals surface area contributed by atoms with Gasteiger partial charge in [0.1, 0.15) is 29.6 Å². The number of likely N-dealkylation sites (tertiary alicyclic amines) is 1. The van der Waals surface area contributed by atoms with E-state index >= 15 is 0 Å². The first kappa shape index (κ1) is 25.6. The molecule has 1 fully saturated rings. The van der Waals surface area contributed by atoms with E-state index in [1.807, 2.05) is 66.7 Å². The van der Waals surface area contributed by atoms with Gasteiger partial charge in [0.25, 0.3) is 0 Å². The summed E-state index contributed by atoms with van der Waals surface area (Å²) in [5, 5.41) is 1.97. The quantitative estimate of drug-likeness (QED) is 0.227. The standard InChI is InChI=1S/C32H33NO5/c1-35-28-15-17-30-25(22-28)10-16-29(23-6-8-24(9-7-23)32(34)36-2)31(30)38-27-13-11-26(12-14-27)37-21-20-33-18-4-3-5-19-33/h6-17,22H,3-5,18-21H2,1-2H3. The number of fused-ring (bicyclic) bond motifs is 1. The van der Waals surface area contributed by atoms with Crippen molar-refractivity contribution in [2.24, 2.45) is 0 Å². The molecular formula is C32H33NO5. The molecule has 0 aliphatic carbocycles. The van der Waals surface area contributed by atoms with E-state index in [4.69, 9.17) is 18.9 Å². The summed E-state index contributed by atoms with van der Waals surface area (Å²) in [6.07, 6.45) is 3.90. The Balaban J connectivity index is 1.39. The van der Waals surface area contributed by atoms with Crippen molar-refractivity contribution in [2.45, 2.75) is 19.3 Å². The summed E-state index contributed by atoms with van der Waals surface area (Å²) >= 11 is 0. The topological polar surface area (TPSA) is 57.2 Å². The Hall–Kier alpha value is -4.03. The Morgan fingerprint density at radius 3 is 2.21 bits per heavy atom. The lowest BCUT2D eigenvalue weighted by Gasteiger charge is -2.26. The minimum absolute atomic E-state index is 0.364. The second-order valence-electron chi connectivity index (χ2n) is 9.42. The van der Waals surface area contributed by atoms with Crippen molar-refractivity contribution in [1.29, 1.82) is 0 Å². The van der Waals surface area contributed by atoms with Crippen molar-refractivity contribution in [2.75, 3.05) is 40.5 Å². The number of rotatable bonds is 9. The van der Waals surface area contributed by atoms with Gasteiger partial charge in [0.15, 0.2) is 0 Å². The number of ether oxygens (including phenoxy) is 4. The zero-order chi connectivity index (χ0) is 26.3. The summed E-state index contributed by atoms with van der Waals surface area (Å²) in [7, 11) is 3.04. The van der Waals surface area contributed by atoms with Crippen LogP contribution in [-0.4, -0.2) is 51.3 Å². The van der Waals surface area contributed by atoms with Gasteiger partial charge in [-0.3, -0.25) is 4.90 Å². The first-order valence-corrected chi connectivity index (χ1v) is 13.1. The van der Waals surface area contributed by atoms with E-state index in [2.05, 4.69) is 4.90 Å². The number of benzene rings is 4. The Morgan fingerprint density at radius 1 is 0.789 bits per heavy atom. The molecule has 196 valence electrons. The van der Waals surface area contributed by atoms with Crippen LogP contribution in [0.1, 0.15) is 29.6 Å². The lowest BCUT2D eigenvalue weighted by atomic mass is 9.98. The van der Waals surface area contributed by atoms with Gasteiger partial charge in [-0.2, -0.15) is 0 Å². The molecule has 1 aliphatic rings. The van der Waals surface area contributed by atoms with Crippen LogP contribution < -0.4 is 14.2 Å². The molecule has 0 aromatic heterocycles. The number of carbonyl (C=O) groups excluding carboxylic acids is 1. The molecule has 1 saturated heterocycles. The number of hydrogen-bond acceptors (Lipinski definition) is 6. The molecule has 0 amide bonds. The highest BCUT2D eigenvalue weighted by Crippen LogP contribution is 2.41. The number of piperidine rings is 1. The maximum atomic E-state index is 11.9.